The molecular weight excluding hydrogens is 424 g/mol. The number of carbonyl (C=O) groups is 2. The van der Waals surface area contributed by atoms with Gasteiger partial charge in [-0.3, -0.25) is 4.79 Å². The van der Waals surface area contributed by atoms with Gasteiger partial charge in [-0.1, -0.05) is 78.9 Å². The normalized spacial score (nSPS) is 14.2. The molecule has 34 heavy (non-hydrogen) atoms. The van der Waals surface area contributed by atoms with E-state index < -0.39 is 5.97 Å². The number of anilines is 1. The number of ether oxygens (including phenoxy) is 1. The quantitative estimate of drug-likeness (QED) is 0.224. The van der Waals surface area contributed by atoms with Gasteiger partial charge < -0.3 is 4.74 Å². The van der Waals surface area contributed by atoms with Gasteiger partial charge in [-0.2, -0.15) is 10.1 Å². The van der Waals surface area contributed by atoms with Crippen molar-refractivity contribution in [2.75, 3.05) is 5.01 Å². The number of para-hydroxylation sites is 1. The molecule has 1 amide bonds. The molecule has 1 heterocycles. The van der Waals surface area contributed by atoms with Gasteiger partial charge in [-0.05, 0) is 48.0 Å². The summed E-state index contributed by atoms with van der Waals surface area (Å²) in [6.07, 6.45) is 1.81. The van der Waals surface area contributed by atoms with E-state index in [0.29, 0.717) is 28.3 Å². The predicted molar refractivity (Wildman–Crippen MR) is 133 cm³/mol. The third-order valence-corrected chi connectivity index (χ3v) is 5.34. The summed E-state index contributed by atoms with van der Waals surface area (Å²) >= 11 is 0. The average Bonchev–Trinajstić information content (AvgIpc) is 3.22. The average molecular weight is 444 g/mol. The second kappa shape index (κ2) is 9.38. The number of benzene rings is 4. The van der Waals surface area contributed by atoms with E-state index in [4.69, 9.17) is 4.74 Å². The lowest BCUT2D eigenvalue weighted by atomic mass is 10.0. The first kappa shape index (κ1) is 21.1. The van der Waals surface area contributed by atoms with Crippen LogP contribution in [0.1, 0.15) is 21.5 Å². The van der Waals surface area contributed by atoms with Gasteiger partial charge >= 0.3 is 5.97 Å². The molecular formula is C29H20N2O3. The predicted octanol–water partition coefficient (Wildman–Crippen LogP) is 5.74. The molecule has 1 aliphatic heterocycles. The summed E-state index contributed by atoms with van der Waals surface area (Å²) in [6, 6.07) is 34.8. The third-order valence-electron chi connectivity index (χ3n) is 5.34. The van der Waals surface area contributed by atoms with Crippen LogP contribution in [0.25, 0.3) is 6.08 Å². The Bertz CT molecular complexity index is 1380. The number of hydrazone groups is 1. The molecule has 0 unspecified atom stereocenters. The Morgan fingerprint density at radius 1 is 0.735 bits per heavy atom. The maximum absolute atomic E-state index is 13.3. The molecule has 0 aromatic heterocycles. The van der Waals surface area contributed by atoms with E-state index >= 15 is 0 Å². The smallest absolute Gasteiger partial charge is 0.343 e. The van der Waals surface area contributed by atoms with E-state index in [1.54, 1.807) is 42.5 Å². The lowest BCUT2D eigenvalue weighted by Crippen LogP contribution is -2.21. The van der Waals surface area contributed by atoms with E-state index in [0.717, 1.165) is 11.1 Å². The first-order valence-electron chi connectivity index (χ1n) is 10.8. The van der Waals surface area contributed by atoms with Gasteiger partial charge in [0.15, 0.2) is 0 Å². The molecule has 0 aliphatic carbocycles. The minimum absolute atomic E-state index is 0.204. The van der Waals surface area contributed by atoms with Crippen molar-refractivity contribution in [3.8, 4) is 5.75 Å². The topological polar surface area (TPSA) is 59.0 Å². The third kappa shape index (κ3) is 4.40. The minimum atomic E-state index is -0.422. The summed E-state index contributed by atoms with van der Waals surface area (Å²) in [5.41, 5.74) is 3.93. The fourth-order valence-corrected chi connectivity index (χ4v) is 3.64. The maximum atomic E-state index is 13.3. The molecule has 0 fully saturated rings. The molecule has 0 N–H and O–H groups in total. The Morgan fingerprint density at radius 2 is 1.32 bits per heavy atom. The molecule has 0 saturated heterocycles. The molecule has 1 aliphatic rings. The molecule has 0 saturated carbocycles. The van der Waals surface area contributed by atoms with Crippen LogP contribution in [0, 0.1) is 0 Å². The minimum Gasteiger partial charge on any atom is -0.423 e. The molecule has 0 bridgehead atoms. The number of rotatable bonds is 5. The standard InChI is InChI=1S/C29H20N2O3/c32-28-26(20-21-16-18-25(19-17-21)34-29(33)23-12-6-2-7-13-23)27(22-10-4-1-5-11-22)30-31(28)24-14-8-3-9-15-24/h1-20H/b26-20+. The fraction of sp³-hybridized carbons (Fsp3) is 0. The van der Waals surface area contributed by atoms with E-state index in [1.165, 1.54) is 5.01 Å². The highest BCUT2D eigenvalue weighted by molar-refractivity contribution is 6.37. The van der Waals surface area contributed by atoms with Crippen molar-refractivity contribution in [1.29, 1.82) is 0 Å². The second-order valence-electron chi connectivity index (χ2n) is 7.65. The van der Waals surface area contributed by atoms with Crippen LogP contribution >= 0.6 is 0 Å². The van der Waals surface area contributed by atoms with Gasteiger partial charge in [0.25, 0.3) is 5.91 Å². The van der Waals surface area contributed by atoms with Crippen molar-refractivity contribution in [3.05, 3.63) is 138 Å². The summed E-state index contributed by atoms with van der Waals surface area (Å²) in [6.45, 7) is 0. The highest BCUT2D eigenvalue weighted by Gasteiger charge is 2.31. The largest absolute Gasteiger partial charge is 0.423 e. The molecule has 164 valence electrons. The molecule has 5 heteroatoms. The van der Waals surface area contributed by atoms with Gasteiger partial charge in [-0.25, -0.2) is 4.79 Å². The number of nitrogens with zero attached hydrogens (tertiary/aromatic N) is 2. The first-order chi connectivity index (χ1) is 16.7. The lowest BCUT2D eigenvalue weighted by Gasteiger charge is -2.11. The molecule has 5 rings (SSSR count). The zero-order valence-corrected chi connectivity index (χ0v) is 18.2. The second-order valence-corrected chi connectivity index (χ2v) is 7.65. The summed E-state index contributed by atoms with van der Waals surface area (Å²) in [5.74, 6) is -0.198. The summed E-state index contributed by atoms with van der Waals surface area (Å²) < 4.78 is 5.45. The Kier molecular flexibility index (Phi) is 5.82. The number of carbonyl (C=O) groups excluding carboxylic acids is 2. The highest BCUT2D eigenvalue weighted by atomic mass is 16.5. The monoisotopic (exact) mass is 444 g/mol. The summed E-state index contributed by atoms with van der Waals surface area (Å²) in [7, 11) is 0. The Morgan fingerprint density at radius 3 is 1.97 bits per heavy atom. The highest BCUT2D eigenvalue weighted by Crippen LogP contribution is 2.28. The van der Waals surface area contributed by atoms with Gasteiger partial charge in [0.1, 0.15) is 11.5 Å². The van der Waals surface area contributed by atoms with Gasteiger partial charge in [-0.15, -0.1) is 0 Å². The van der Waals surface area contributed by atoms with Crippen molar-refractivity contribution >= 4 is 29.4 Å². The van der Waals surface area contributed by atoms with Crippen LogP contribution in [0.3, 0.4) is 0 Å². The molecule has 0 atom stereocenters. The van der Waals surface area contributed by atoms with E-state index in [9.17, 15) is 9.59 Å². The van der Waals surface area contributed by atoms with Crippen LogP contribution in [-0.4, -0.2) is 17.6 Å². The first-order valence-corrected chi connectivity index (χ1v) is 10.8. The van der Waals surface area contributed by atoms with Crippen LogP contribution in [0.15, 0.2) is 126 Å². The molecule has 4 aromatic carbocycles. The number of esters is 1. The van der Waals surface area contributed by atoms with Crippen molar-refractivity contribution in [1.82, 2.24) is 0 Å². The molecule has 0 radical (unpaired) electrons. The summed E-state index contributed by atoms with van der Waals surface area (Å²) in [4.78, 5) is 25.6. The molecule has 5 nitrogen and oxygen atoms in total. The summed E-state index contributed by atoms with van der Waals surface area (Å²) in [5, 5.41) is 6.06. The van der Waals surface area contributed by atoms with Crippen molar-refractivity contribution in [3.63, 3.8) is 0 Å². The SMILES string of the molecule is O=C(Oc1ccc(/C=C2/C(=O)N(c3ccccc3)N=C2c2ccccc2)cc1)c1ccccc1. The van der Waals surface area contributed by atoms with Crippen molar-refractivity contribution < 1.29 is 14.3 Å². The van der Waals surface area contributed by atoms with Crippen LogP contribution < -0.4 is 9.75 Å². The van der Waals surface area contributed by atoms with Crippen molar-refractivity contribution in [2.24, 2.45) is 5.10 Å². The number of hydrogen-bond donors (Lipinski definition) is 0. The molecule has 4 aromatic rings. The van der Waals surface area contributed by atoms with E-state index in [-0.39, 0.29) is 5.91 Å². The number of hydrogen-bond acceptors (Lipinski definition) is 4. The van der Waals surface area contributed by atoms with Crippen LogP contribution in [-0.2, 0) is 4.79 Å². The zero-order chi connectivity index (χ0) is 23.3. The maximum Gasteiger partial charge on any atom is 0.343 e. The Labute approximate surface area is 197 Å². The molecule has 0 spiro atoms. The van der Waals surface area contributed by atoms with Crippen LogP contribution in [0.2, 0.25) is 0 Å². The number of amides is 1. The van der Waals surface area contributed by atoms with Gasteiger partial charge in [0.2, 0.25) is 0 Å². The van der Waals surface area contributed by atoms with E-state index in [1.807, 2.05) is 78.9 Å². The van der Waals surface area contributed by atoms with E-state index in [2.05, 4.69) is 5.10 Å². The Balaban J connectivity index is 1.43. The Hall–Kier alpha value is -4.77. The fourth-order valence-electron chi connectivity index (χ4n) is 3.64. The lowest BCUT2D eigenvalue weighted by molar-refractivity contribution is -0.114. The van der Waals surface area contributed by atoms with Crippen LogP contribution in [0.5, 0.6) is 5.75 Å². The zero-order valence-electron chi connectivity index (χ0n) is 18.2. The van der Waals surface area contributed by atoms with Crippen LogP contribution in [0.4, 0.5) is 5.69 Å². The van der Waals surface area contributed by atoms with Gasteiger partial charge in [0.05, 0.1) is 16.8 Å². The van der Waals surface area contributed by atoms with Gasteiger partial charge in [0, 0.05) is 5.56 Å². The van der Waals surface area contributed by atoms with Crippen molar-refractivity contribution in [2.45, 2.75) is 0 Å².